The van der Waals surface area contributed by atoms with Gasteiger partial charge in [-0.25, -0.2) is 13.2 Å². The molecular weight excluding hydrogens is 356 g/mol. The summed E-state index contributed by atoms with van der Waals surface area (Å²) in [5.41, 5.74) is 0.517. The van der Waals surface area contributed by atoms with E-state index in [1.54, 1.807) is 18.2 Å². The monoisotopic (exact) mass is 380 g/mol. The molecule has 1 aromatic rings. The molecule has 1 amide bonds. The van der Waals surface area contributed by atoms with Crippen molar-refractivity contribution < 1.29 is 23.1 Å². The van der Waals surface area contributed by atoms with Crippen LogP contribution in [-0.2, 0) is 21.2 Å². The largest absolute Gasteiger partial charge is 0.480 e. The third-order valence-electron chi connectivity index (χ3n) is 5.32. The Bertz CT molecular complexity index is 843. The van der Waals surface area contributed by atoms with Gasteiger partial charge < -0.3 is 10.4 Å². The van der Waals surface area contributed by atoms with Crippen LogP contribution >= 0.6 is 0 Å². The third kappa shape index (κ3) is 3.30. The second kappa shape index (κ2) is 6.57. The number of carboxylic acids is 1. The number of carbonyl (C=O) groups is 2. The van der Waals surface area contributed by atoms with Gasteiger partial charge in [-0.05, 0) is 49.9 Å². The van der Waals surface area contributed by atoms with Gasteiger partial charge in [0.1, 0.15) is 5.54 Å². The summed E-state index contributed by atoms with van der Waals surface area (Å²) < 4.78 is 25.3. The second-order valence-corrected chi connectivity index (χ2v) is 9.22. The first kappa shape index (κ1) is 18.7. The molecule has 1 aromatic carbocycles. The van der Waals surface area contributed by atoms with Gasteiger partial charge in [0.2, 0.25) is 10.0 Å². The number of fused-ring (bicyclic) bond motifs is 1. The highest BCUT2D eigenvalue weighted by Gasteiger charge is 2.41. The molecule has 142 valence electrons. The number of benzene rings is 1. The van der Waals surface area contributed by atoms with E-state index in [1.807, 2.05) is 6.92 Å². The molecule has 7 nitrogen and oxygen atoms in total. The maximum Gasteiger partial charge on any atom is 0.329 e. The summed E-state index contributed by atoms with van der Waals surface area (Å²) in [6.07, 6.45) is 5.07. The molecule has 3 rings (SSSR count). The summed E-state index contributed by atoms with van der Waals surface area (Å²) >= 11 is 0. The van der Waals surface area contributed by atoms with Crippen LogP contribution < -0.4 is 9.62 Å². The maximum absolute atomic E-state index is 12.7. The van der Waals surface area contributed by atoms with E-state index < -0.39 is 27.4 Å². The van der Waals surface area contributed by atoms with Crippen LogP contribution in [0.1, 0.15) is 54.9 Å². The van der Waals surface area contributed by atoms with Crippen molar-refractivity contribution in [3.05, 3.63) is 29.3 Å². The average Bonchev–Trinajstić information content (AvgIpc) is 2.90. The quantitative estimate of drug-likeness (QED) is 0.830. The number of sulfonamides is 1. The van der Waals surface area contributed by atoms with Crippen molar-refractivity contribution in [1.82, 2.24) is 5.32 Å². The number of hydrogen-bond acceptors (Lipinski definition) is 4. The minimum absolute atomic E-state index is 0.206. The summed E-state index contributed by atoms with van der Waals surface area (Å²) in [6.45, 7) is 1.82. The van der Waals surface area contributed by atoms with Crippen LogP contribution in [0.25, 0.3) is 0 Å². The standard InChI is InChI=1S/C18H24N2O5S/c1-12-10-14-11-13(6-7-15(14)20(12)26(2,24)25)16(21)19-18(17(22)23)8-4-3-5-9-18/h6-7,11-12H,3-5,8-10H2,1-2H3,(H,19,21)(H,22,23)/t12-/m0/s1. The number of carbonyl (C=O) groups excluding carboxylic acids is 1. The van der Waals surface area contributed by atoms with Crippen LogP contribution in [-0.4, -0.2) is 43.2 Å². The van der Waals surface area contributed by atoms with Crippen LogP contribution in [0.3, 0.4) is 0 Å². The Morgan fingerprint density at radius 1 is 1.23 bits per heavy atom. The van der Waals surface area contributed by atoms with Crippen molar-refractivity contribution >= 4 is 27.6 Å². The Labute approximate surface area is 153 Å². The fraction of sp³-hybridized carbons (Fsp3) is 0.556. The lowest BCUT2D eigenvalue weighted by molar-refractivity contribution is -0.145. The van der Waals surface area contributed by atoms with Crippen LogP contribution in [0.15, 0.2) is 18.2 Å². The van der Waals surface area contributed by atoms with Gasteiger partial charge in [0.15, 0.2) is 0 Å². The number of anilines is 1. The van der Waals surface area contributed by atoms with E-state index in [9.17, 15) is 23.1 Å². The maximum atomic E-state index is 12.7. The summed E-state index contributed by atoms with van der Waals surface area (Å²) in [4.78, 5) is 24.4. The van der Waals surface area contributed by atoms with Gasteiger partial charge in [-0.1, -0.05) is 19.3 Å². The fourth-order valence-electron chi connectivity index (χ4n) is 4.09. The van der Waals surface area contributed by atoms with Crippen molar-refractivity contribution in [3.8, 4) is 0 Å². The number of amides is 1. The van der Waals surface area contributed by atoms with E-state index in [0.29, 0.717) is 30.5 Å². The molecule has 0 radical (unpaired) electrons. The SMILES string of the molecule is C[C@H]1Cc2cc(C(=O)NC3(C(=O)O)CCCCC3)ccc2N1S(C)(=O)=O. The molecule has 2 N–H and O–H groups in total. The average molecular weight is 380 g/mol. The van der Waals surface area contributed by atoms with E-state index >= 15 is 0 Å². The van der Waals surface area contributed by atoms with Crippen molar-refractivity contribution in [2.75, 3.05) is 10.6 Å². The van der Waals surface area contributed by atoms with E-state index in [2.05, 4.69) is 5.32 Å². The first-order valence-electron chi connectivity index (χ1n) is 8.82. The lowest BCUT2D eigenvalue weighted by atomic mass is 9.81. The van der Waals surface area contributed by atoms with Crippen LogP contribution in [0, 0.1) is 0 Å². The Kier molecular flexibility index (Phi) is 4.72. The van der Waals surface area contributed by atoms with Crippen molar-refractivity contribution in [3.63, 3.8) is 0 Å². The predicted molar refractivity (Wildman–Crippen MR) is 97.8 cm³/mol. The van der Waals surface area contributed by atoms with Crippen LogP contribution in [0.2, 0.25) is 0 Å². The first-order chi connectivity index (χ1) is 12.1. The highest BCUT2D eigenvalue weighted by Crippen LogP contribution is 2.35. The summed E-state index contributed by atoms with van der Waals surface area (Å²) in [5.74, 6) is -1.42. The number of carboxylic acid groups (broad SMARTS) is 1. The molecule has 1 aliphatic heterocycles. The summed E-state index contributed by atoms with van der Waals surface area (Å²) in [6, 6.07) is 4.65. The molecule has 0 saturated heterocycles. The van der Waals surface area contributed by atoms with Gasteiger partial charge in [0.05, 0.1) is 11.9 Å². The van der Waals surface area contributed by atoms with Crippen LogP contribution in [0.4, 0.5) is 5.69 Å². The minimum atomic E-state index is -3.39. The summed E-state index contributed by atoms with van der Waals surface area (Å²) in [5, 5.41) is 12.3. The van der Waals surface area contributed by atoms with Crippen LogP contribution in [0.5, 0.6) is 0 Å². The lowest BCUT2D eigenvalue weighted by Gasteiger charge is -2.34. The van der Waals surface area contributed by atoms with Crippen molar-refractivity contribution in [2.45, 2.75) is 57.0 Å². The first-order valence-corrected chi connectivity index (χ1v) is 10.7. The Hall–Kier alpha value is -2.09. The van der Waals surface area contributed by atoms with Crippen molar-refractivity contribution in [1.29, 1.82) is 0 Å². The highest BCUT2D eigenvalue weighted by molar-refractivity contribution is 7.92. The van der Waals surface area contributed by atoms with E-state index in [1.165, 1.54) is 10.6 Å². The molecule has 1 aliphatic carbocycles. The number of hydrogen-bond donors (Lipinski definition) is 2. The summed E-state index contributed by atoms with van der Waals surface area (Å²) in [7, 11) is -3.39. The van der Waals surface area contributed by atoms with Gasteiger partial charge in [-0.2, -0.15) is 0 Å². The second-order valence-electron chi connectivity index (χ2n) is 7.36. The van der Waals surface area contributed by atoms with E-state index in [0.717, 1.165) is 24.8 Å². The Morgan fingerprint density at radius 2 is 1.88 bits per heavy atom. The van der Waals surface area contributed by atoms with Gasteiger partial charge >= 0.3 is 5.97 Å². The molecule has 1 fully saturated rings. The predicted octanol–water partition coefficient (Wildman–Crippen LogP) is 1.91. The molecule has 0 unspecified atom stereocenters. The zero-order valence-corrected chi connectivity index (χ0v) is 15.8. The zero-order valence-electron chi connectivity index (χ0n) is 15.0. The molecule has 0 bridgehead atoms. The van der Waals surface area contributed by atoms with Gasteiger partial charge in [-0.3, -0.25) is 9.10 Å². The lowest BCUT2D eigenvalue weighted by Crippen LogP contribution is -2.55. The molecular formula is C18H24N2O5S. The molecule has 1 atom stereocenters. The molecule has 2 aliphatic rings. The Morgan fingerprint density at radius 3 is 2.46 bits per heavy atom. The number of rotatable bonds is 4. The van der Waals surface area contributed by atoms with E-state index in [-0.39, 0.29) is 6.04 Å². The third-order valence-corrected chi connectivity index (χ3v) is 6.59. The smallest absolute Gasteiger partial charge is 0.329 e. The molecule has 26 heavy (non-hydrogen) atoms. The Balaban J connectivity index is 1.86. The minimum Gasteiger partial charge on any atom is -0.480 e. The highest BCUT2D eigenvalue weighted by atomic mass is 32.2. The topological polar surface area (TPSA) is 104 Å². The van der Waals surface area contributed by atoms with Gasteiger partial charge in [0.25, 0.3) is 5.91 Å². The number of aliphatic carboxylic acids is 1. The van der Waals surface area contributed by atoms with E-state index in [4.69, 9.17) is 0 Å². The van der Waals surface area contributed by atoms with Crippen molar-refractivity contribution in [2.24, 2.45) is 0 Å². The molecule has 1 heterocycles. The fourth-order valence-corrected chi connectivity index (χ4v) is 5.35. The molecule has 0 spiro atoms. The molecule has 8 heteroatoms. The molecule has 1 saturated carbocycles. The normalized spacial score (nSPS) is 21.9. The zero-order chi connectivity index (χ0) is 19.1. The van der Waals surface area contributed by atoms with Gasteiger partial charge in [-0.15, -0.1) is 0 Å². The van der Waals surface area contributed by atoms with Gasteiger partial charge in [0, 0.05) is 11.6 Å². The number of nitrogens with zero attached hydrogens (tertiary/aromatic N) is 1. The number of nitrogens with one attached hydrogen (secondary N) is 1. The molecule has 0 aromatic heterocycles.